The van der Waals surface area contributed by atoms with Gasteiger partial charge in [0.1, 0.15) is 5.76 Å². The first-order valence-electron chi connectivity index (χ1n) is 7.25. The van der Waals surface area contributed by atoms with Crippen molar-refractivity contribution in [3.05, 3.63) is 23.7 Å². The summed E-state index contributed by atoms with van der Waals surface area (Å²) in [5.74, 6) is 5.81. The van der Waals surface area contributed by atoms with E-state index in [9.17, 15) is 4.79 Å². The molecule has 0 saturated carbocycles. The first kappa shape index (κ1) is 13.6. The molecular formula is C14H22N4O2. The van der Waals surface area contributed by atoms with Gasteiger partial charge >= 0.3 is 5.91 Å². The summed E-state index contributed by atoms with van der Waals surface area (Å²) in [4.78, 5) is 16.4. The van der Waals surface area contributed by atoms with Crippen molar-refractivity contribution in [2.45, 2.75) is 38.4 Å². The molecule has 110 valence electrons. The summed E-state index contributed by atoms with van der Waals surface area (Å²) < 4.78 is 5.55. The highest BCUT2D eigenvalue weighted by Crippen LogP contribution is 2.26. The normalized spacial score (nSPS) is 27.5. The molecule has 2 unspecified atom stereocenters. The Morgan fingerprint density at radius 1 is 1.50 bits per heavy atom. The van der Waals surface area contributed by atoms with E-state index in [1.165, 1.54) is 19.4 Å². The van der Waals surface area contributed by atoms with Crippen LogP contribution in [0.1, 0.15) is 36.1 Å². The largest absolute Gasteiger partial charge is 0.455 e. The van der Waals surface area contributed by atoms with E-state index < -0.39 is 0 Å². The number of hydrazine groups is 1. The zero-order chi connectivity index (χ0) is 14.1. The van der Waals surface area contributed by atoms with Crippen molar-refractivity contribution in [2.75, 3.05) is 19.6 Å². The average molecular weight is 278 g/mol. The van der Waals surface area contributed by atoms with Crippen LogP contribution in [0, 0.1) is 0 Å². The molecule has 20 heavy (non-hydrogen) atoms. The number of nitrogens with one attached hydrogen (secondary N) is 1. The zero-order valence-electron chi connectivity index (χ0n) is 11.8. The monoisotopic (exact) mass is 278 g/mol. The highest BCUT2D eigenvalue weighted by molar-refractivity contribution is 5.90. The number of nitrogen functional groups attached to an aromatic ring is 1. The zero-order valence-corrected chi connectivity index (χ0v) is 11.8. The van der Waals surface area contributed by atoms with Gasteiger partial charge in [-0.25, -0.2) is 5.84 Å². The summed E-state index contributed by atoms with van der Waals surface area (Å²) in [7, 11) is 0. The fourth-order valence-corrected chi connectivity index (χ4v) is 3.32. The first-order chi connectivity index (χ1) is 9.67. The molecule has 0 radical (unpaired) electrons. The Bertz CT molecular complexity index is 487. The van der Waals surface area contributed by atoms with Crippen molar-refractivity contribution in [3.63, 3.8) is 0 Å². The van der Waals surface area contributed by atoms with Crippen LogP contribution >= 0.6 is 0 Å². The molecule has 2 aliphatic rings. The molecule has 0 bridgehead atoms. The first-order valence-corrected chi connectivity index (χ1v) is 7.25. The third-order valence-electron chi connectivity index (χ3n) is 4.44. The topological polar surface area (TPSA) is 74.7 Å². The van der Waals surface area contributed by atoms with Crippen LogP contribution in [0.2, 0.25) is 0 Å². The number of fused-ring (bicyclic) bond motifs is 1. The van der Waals surface area contributed by atoms with Crippen LogP contribution in [0.25, 0.3) is 0 Å². The van der Waals surface area contributed by atoms with Crippen LogP contribution in [0.15, 0.2) is 16.5 Å². The van der Waals surface area contributed by atoms with E-state index >= 15 is 0 Å². The second-order valence-corrected chi connectivity index (χ2v) is 5.81. The standard InChI is InChI=1S/C14H22N4O2/c1-10-7-17-6-2-3-11(17)8-18(10)9-12-4-5-13(20-12)14(19)16-15/h4-5,10-11H,2-3,6-9,15H2,1H3,(H,16,19). The van der Waals surface area contributed by atoms with Gasteiger partial charge in [-0.15, -0.1) is 0 Å². The highest BCUT2D eigenvalue weighted by atomic mass is 16.4. The maximum absolute atomic E-state index is 11.4. The summed E-state index contributed by atoms with van der Waals surface area (Å²) in [5.41, 5.74) is 2.08. The molecule has 1 aromatic rings. The molecule has 2 aliphatic heterocycles. The molecule has 2 atom stereocenters. The van der Waals surface area contributed by atoms with Crippen LogP contribution in [-0.2, 0) is 6.54 Å². The number of furan rings is 1. The molecule has 0 spiro atoms. The molecule has 3 N–H and O–H groups in total. The van der Waals surface area contributed by atoms with E-state index in [4.69, 9.17) is 10.3 Å². The van der Waals surface area contributed by atoms with Gasteiger partial charge in [-0.3, -0.25) is 20.0 Å². The molecule has 3 heterocycles. The molecule has 0 aliphatic carbocycles. The van der Waals surface area contributed by atoms with Crippen molar-refractivity contribution in [3.8, 4) is 0 Å². The summed E-state index contributed by atoms with van der Waals surface area (Å²) >= 11 is 0. The van der Waals surface area contributed by atoms with E-state index in [0.717, 1.165) is 25.4 Å². The Labute approximate surface area is 118 Å². The van der Waals surface area contributed by atoms with Gasteiger partial charge in [-0.05, 0) is 38.4 Å². The molecule has 2 saturated heterocycles. The lowest BCUT2D eigenvalue weighted by Gasteiger charge is -2.41. The number of carbonyl (C=O) groups is 1. The van der Waals surface area contributed by atoms with Crippen LogP contribution in [-0.4, -0.2) is 47.4 Å². The summed E-state index contributed by atoms with van der Waals surface area (Å²) in [6.45, 7) is 6.46. The van der Waals surface area contributed by atoms with Crippen LogP contribution in [0.3, 0.4) is 0 Å². The van der Waals surface area contributed by atoms with Gasteiger partial charge in [0.05, 0.1) is 6.54 Å². The number of hydrogen-bond donors (Lipinski definition) is 2. The lowest BCUT2D eigenvalue weighted by Crippen LogP contribution is -2.54. The van der Waals surface area contributed by atoms with Crippen molar-refractivity contribution >= 4 is 5.91 Å². The quantitative estimate of drug-likeness (QED) is 0.480. The van der Waals surface area contributed by atoms with Gasteiger partial charge in [0.25, 0.3) is 0 Å². The third-order valence-corrected chi connectivity index (χ3v) is 4.44. The van der Waals surface area contributed by atoms with Crippen LogP contribution < -0.4 is 11.3 Å². The molecule has 2 fully saturated rings. The minimum atomic E-state index is -0.384. The summed E-state index contributed by atoms with van der Waals surface area (Å²) in [6, 6.07) is 4.74. The predicted molar refractivity (Wildman–Crippen MR) is 74.8 cm³/mol. The smallest absolute Gasteiger partial charge is 0.300 e. The fourth-order valence-electron chi connectivity index (χ4n) is 3.32. The van der Waals surface area contributed by atoms with Crippen molar-refractivity contribution in [1.82, 2.24) is 15.2 Å². The van der Waals surface area contributed by atoms with Gasteiger partial charge in [0, 0.05) is 25.2 Å². The Hall–Kier alpha value is -1.37. The number of piperazine rings is 1. The second-order valence-electron chi connectivity index (χ2n) is 5.81. The molecule has 1 amide bonds. The van der Waals surface area contributed by atoms with Crippen LogP contribution in [0.4, 0.5) is 0 Å². The number of rotatable bonds is 3. The highest BCUT2D eigenvalue weighted by Gasteiger charge is 2.34. The van der Waals surface area contributed by atoms with Gasteiger partial charge in [0.2, 0.25) is 0 Å². The van der Waals surface area contributed by atoms with Gasteiger partial charge in [0.15, 0.2) is 5.76 Å². The Morgan fingerprint density at radius 3 is 3.15 bits per heavy atom. The van der Waals surface area contributed by atoms with Gasteiger partial charge < -0.3 is 4.42 Å². The molecule has 3 rings (SSSR count). The second kappa shape index (κ2) is 5.55. The third kappa shape index (κ3) is 2.59. The molecule has 1 aromatic heterocycles. The summed E-state index contributed by atoms with van der Waals surface area (Å²) in [5, 5.41) is 0. The fraction of sp³-hybridized carbons (Fsp3) is 0.643. The van der Waals surface area contributed by atoms with Crippen molar-refractivity contribution < 1.29 is 9.21 Å². The van der Waals surface area contributed by atoms with Crippen molar-refractivity contribution in [2.24, 2.45) is 5.84 Å². The van der Waals surface area contributed by atoms with E-state index in [0.29, 0.717) is 12.1 Å². The van der Waals surface area contributed by atoms with E-state index in [1.54, 1.807) is 6.07 Å². The van der Waals surface area contributed by atoms with E-state index in [-0.39, 0.29) is 11.7 Å². The van der Waals surface area contributed by atoms with Gasteiger partial charge in [-0.2, -0.15) is 0 Å². The number of amides is 1. The minimum absolute atomic E-state index is 0.273. The molecular weight excluding hydrogens is 256 g/mol. The van der Waals surface area contributed by atoms with Crippen LogP contribution in [0.5, 0.6) is 0 Å². The van der Waals surface area contributed by atoms with E-state index in [1.807, 2.05) is 6.07 Å². The number of nitrogens with zero attached hydrogens (tertiary/aromatic N) is 2. The minimum Gasteiger partial charge on any atom is -0.455 e. The Morgan fingerprint density at radius 2 is 2.35 bits per heavy atom. The Balaban J connectivity index is 1.65. The predicted octanol–water partition coefficient (Wildman–Crippen LogP) is 0.552. The lowest BCUT2D eigenvalue weighted by atomic mass is 10.1. The lowest BCUT2D eigenvalue weighted by molar-refractivity contribution is 0.0490. The number of nitrogens with two attached hydrogens (primary N) is 1. The maximum atomic E-state index is 11.4. The molecule has 0 aromatic carbocycles. The SMILES string of the molecule is CC1CN2CCCC2CN1Cc1ccc(C(=O)NN)o1. The average Bonchev–Trinajstić information content (AvgIpc) is 3.07. The van der Waals surface area contributed by atoms with Crippen molar-refractivity contribution in [1.29, 1.82) is 0 Å². The number of carbonyl (C=O) groups excluding carboxylic acids is 1. The van der Waals surface area contributed by atoms with Gasteiger partial charge in [-0.1, -0.05) is 0 Å². The molecule has 6 heteroatoms. The maximum Gasteiger partial charge on any atom is 0.300 e. The molecule has 6 nitrogen and oxygen atoms in total. The number of hydrogen-bond acceptors (Lipinski definition) is 5. The summed E-state index contributed by atoms with van der Waals surface area (Å²) in [6.07, 6.45) is 2.61. The van der Waals surface area contributed by atoms with E-state index in [2.05, 4.69) is 22.1 Å². The Kier molecular flexibility index (Phi) is 3.78.